The lowest BCUT2D eigenvalue weighted by Crippen LogP contribution is -2.05. The molecule has 0 aliphatic carbocycles. The average molecular weight is 301 g/mol. The van der Waals surface area contributed by atoms with Crippen molar-refractivity contribution in [2.24, 2.45) is 0 Å². The fourth-order valence-corrected chi connectivity index (χ4v) is 2.82. The molecule has 0 aliphatic heterocycles. The molecule has 1 N–H and O–H groups in total. The standard InChI is InChI=1S/C15H15N3O2S/c1-16-14-10-7-8-21-15(10)18-13(17-14)9-20-12-6-4-3-5-11(12)19-2/h3-8H,9H2,1-2H3,(H,16,17,18). The summed E-state index contributed by atoms with van der Waals surface area (Å²) in [7, 11) is 3.47. The molecule has 2 aromatic heterocycles. The molecule has 0 spiro atoms. The van der Waals surface area contributed by atoms with Crippen LogP contribution in [0.1, 0.15) is 5.82 Å². The quantitative estimate of drug-likeness (QED) is 0.783. The van der Waals surface area contributed by atoms with Gasteiger partial charge in [-0.15, -0.1) is 11.3 Å². The van der Waals surface area contributed by atoms with Gasteiger partial charge in [0.05, 0.1) is 12.5 Å². The predicted molar refractivity (Wildman–Crippen MR) is 84.3 cm³/mol. The Hall–Kier alpha value is -2.34. The SMILES string of the molecule is CNc1nc(COc2ccccc2OC)nc2sccc12. The Morgan fingerprint density at radius 3 is 2.71 bits per heavy atom. The van der Waals surface area contributed by atoms with Gasteiger partial charge in [-0.2, -0.15) is 0 Å². The molecular formula is C15H15N3O2S. The molecule has 0 fully saturated rings. The number of rotatable bonds is 5. The molecule has 0 amide bonds. The summed E-state index contributed by atoms with van der Waals surface area (Å²) < 4.78 is 11.0. The van der Waals surface area contributed by atoms with E-state index in [0.29, 0.717) is 23.9 Å². The first kappa shape index (κ1) is 13.6. The van der Waals surface area contributed by atoms with Crippen molar-refractivity contribution in [1.82, 2.24) is 9.97 Å². The van der Waals surface area contributed by atoms with E-state index in [1.165, 1.54) is 0 Å². The van der Waals surface area contributed by atoms with E-state index in [0.717, 1.165) is 16.0 Å². The smallest absolute Gasteiger partial charge is 0.169 e. The van der Waals surface area contributed by atoms with E-state index in [2.05, 4.69) is 15.3 Å². The van der Waals surface area contributed by atoms with Crippen LogP contribution in [-0.4, -0.2) is 24.1 Å². The van der Waals surface area contributed by atoms with Gasteiger partial charge in [-0.25, -0.2) is 9.97 Å². The number of hydrogen-bond donors (Lipinski definition) is 1. The van der Waals surface area contributed by atoms with Crippen molar-refractivity contribution in [1.29, 1.82) is 0 Å². The van der Waals surface area contributed by atoms with Crippen LogP contribution in [0.3, 0.4) is 0 Å². The highest BCUT2D eigenvalue weighted by Crippen LogP contribution is 2.28. The number of ether oxygens (including phenoxy) is 2. The first-order valence-electron chi connectivity index (χ1n) is 6.49. The zero-order chi connectivity index (χ0) is 14.7. The Bertz CT molecular complexity index is 758. The lowest BCUT2D eigenvalue weighted by Gasteiger charge is -2.10. The van der Waals surface area contributed by atoms with Crippen molar-refractivity contribution in [3.05, 3.63) is 41.5 Å². The molecule has 0 bridgehead atoms. The number of anilines is 1. The van der Waals surface area contributed by atoms with Gasteiger partial charge in [-0.3, -0.25) is 0 Å². The van der Waals surface area contributed by atoms with E-state index in [1.54, 1.807) is 18.4 Å². The molecule has 21 heavy (non-hydrogen) atoms. The topological polar surface area (TPSA) is 56.3 Å². The Balaban J connectivity index is 1.85. The maximum Gasteiger partial charge on any atom is 0.169 e. The molecule has 0 saturated heterocycles. The minimum Gasteiger partial charge on any atom is -0.493 e. The van der Waals surface area contributed by atoms with Gasteiger partial charge in [0.15, 0.2) is 17.3 Å². The van der Waals surface area contributed by atoms with Crippen molar-refractivity contribution >= 4 is 27.4 Å². The monoisotopic (exact) mass is 301 g/mol. The molecule has 0 saturated carbocycles. The summed E-state index contributed by atoms with van der Waals surface area (Å²) >= 11 is 1.59. The first-order valence-corrected chi connectivity index (χ1v) is 7.37. The number of aromatic nitrogens is 2. The third-order valence-electron chi connectivity index (χ3n) is 3.03. The van der Waals surface area contributed by atoms with E-state index >= 15 is 0 Å². The minimum atomic E-state index is 0.295. The molecule has 0 atom stereocenters. The molecular weight excluding hydrogens is 286 g/mol. The molecule has 5 nitrogen and oxygen atoms in total. The number of methoxy groups -OCH3 is 1. The van der Waals surface area contributed by atoms with Gasteiger partial charge >= 0.3 is 0 Å². The number of nitrogens with one attached hydrogen (secondary N) is 1. The number of hydrogen-bond acceptors (Lipinski definition) is 6. The van der Waals surface area contributed by atoms with Gasteiger partial charge in [0.25, 0.3) is 0 Å². The molecule has 1 aromatic carbocycles. The number of fused-ring (bicyclic) bond motifs is 1. The second-order valence-electron chi connectivity index (χ2n) is 4.32. The highest BCUT2D eigenvalue weighted by molar-refractivity contribution is 7.16. The van der Waals surface area contributed by atoms with E-state index in [4.69, 9.17) is 9.47 Å². The largest absolute Gasteiger partial charge is 0.493 e. The Morgan fingerprint density at radius 2 is 1.95 bits per heavy atom. The molecule has 3 aromatic rings. The van der Waals surface area contributed by atoms with Crippen molar-refractivity contribution in [3.63, 3.8) is 0 Å². The van der Waals surface area contributed by atoms with Crippen LogP contribution in [0.25, 0.3) is 10.2 Å². The summed E-state index contributed by atoms with van der Waals surface area (Å²) in [5.74, 6) is 2.84. The van der Waals surface area contributed by atoms with Crippen molar-refractivity contribution < 1.29 is 9.47 Å². The van der Waals surface area contributed by atoms with E-state index in [1.807, 2.05) is 42.8 Å². The number of thiophene rings is 1. The van der Waals surface area contributed by atoms with Crippen LogP contribution < -0.4 is 14.8 Å². The molecule has 108 valence electrons. The van der Waals surface area contributed by atoms with E-state index < -0.39 is 0 Å². The lowest BCUT2D eigenvalue weighted by molar-refractivity contribution is 0.277. The number of benzene rings is 1. The summed E-state index contributed by atoms with van der Waals surface area (Å²) in [5.41, 5.74) is 0. The summed E-state index contributed by atoms with van der Waals surface area (Å²) in [5, 5.41) is 6.13. The lowest BCUT2D eigenvalue weighted by atomic mass is 10.3. The number of para-hydroxylation sites is 2. The zero-order valence-electron chi connectivity index (χ0n) is 11.8. The van der Waals surface area contributed by atoms with Crippen LogP contribution in [0.4, 0.5) is 5.82 Å². The summed E-state index contributed by atoms with van der Waals surface area (Å²) in [4.78, 5) is 9.95. The van der Waals surface area contributed by atoms with Gasteiger partial charge in [0.1, 0.15) is 17.3 Å². The van der Waals surface area contributed by atoms with Gasteiger partial charge in [-0.1, -0.05) is 12.1 Å². The predicted octanol–water partition coefficient (Wildman–Crippen LogP) is 3.32. The third kappa shape index (κ3) is 2.75. The van der Waals surface area contributed by atoms with Crippen molar-refractivity contribution in [2.75, 3.05) is 19.5 Å². The van der Waals surface area contributed by atoms with Crippen LogP contribution in [0.5, 0.6) is 11.5 Å². The van der Waals surface area contributed by atoms with Crippen molar-refractivity contribution in [3.8, 4) is 11.5 Å². The van der Waals surface area contributed by atoms with Gasteiger partial charge in [0, 0.05) is 7.05 Å². The van der Waals surface area contributed by atoms with Crippen LogP contribution >= 0.6 is 11.3 Å². The van der Waals surface area contributed by atoms with E-state index in [-0.39, 0.29) is 0 Å². The Morgan fingerprint density at radius 1 is 1.14 bits per heavy atom. The Kier molecular flexibility index (Phi) is 3.87. The normalized spacial score (nSPS) is 10.6. The van der Waals surface area contributed by atoms with Crippen molar-refractivity contribution in [2.45, 2.75) is 6.61 Å². The first-order chi connectivity index (χ1) is 10.3. The van der Waals surface area contributed by atoms with Crippen LogP contribution in [0.2, 0.25) is 0 Å². The fourth-order valence-electron chi connectivity index (χ4n) is 2.04. The van der Waals surface area contributed by atoms with Gasteiger partial charge < -0.3 is 14.8 Å². The summed E-state index contributed by atoms with van der Waals surface area (Å²) in [6.07, 6.45) is 0. The molecule has 6 heteroatoms. The maximum absolute atomic E-state index is 5.77. The minimum absolute atomic E-state index is 0.295. The molecule has 0 unspecified atom stereocenters. The second-order valence-corrected chi connectivity index (χ2v) is 5.21. The molecule has 0 aliphatic rings. The van der Waals surface area contributed by atoms with Gasteiger partial charge in [0.2, 0.25) is 0 Å². The van der Waals surface area contributed by atoms with Crippen LogP contribution in [0, 0.1) is 0 Å². The summed E-state index contributed by atoms with van der Waals surface area (Å²) in [6.45, 7) is 0.295. The summed E-state index contributed by atoms with van der Waals surface area (Å²) in [6, 6.07) is 9.54. The maximum atomic E-state index is 5.77. The highest BCUT2D eigenvalue weighted by atomic mass is 32.1. The van der Waals surface area contributed by atoms with Crippen LogP contribution in [0.15, 0.2) is 35.7 Å². The van der Waals surface area contributed by atoms with Gasteiger partial charge in [-0.05, 0) is 23.6 Å². The zero-order valence-corrected chi connectivity index (χ0v) is 12.6. The number of nitrogens with zero attached hydrogens (tertiary/aromatic N) is 2. The second kappa shape index (κ2) is 5.97. The highest BCUT2D eigenvalue weighted by Gasteiger charge is 2.09. The fraction of sp³-hybridized carbons (Fsp3) is 0.200. The molecule has 2 heterocycles. The average Bonchev–Trinajstić information content (AvgIpc) is 3.00. The van der Waals surface area contributed by atoms with Crippen LogP contribution in [-0.2, 0) is 6.61 Å². The molecule has 3 rings (SSSR count). The third-order valence-corrected chi connectivity index (χ3v) is 3.84. The molecule has 0 radical (unpaired) electrons. The Labute approximate surface area is 126 Å². The van der Waals surface area contributed by atoms with E-state index in [9.17, 15) is 0 Å².